The van der Waals surface area contributed by atoms with Crippen molar-refractivity contribution < 1.29 is 45.8 Å². The highest BCUT2D eigenvalue weighted by Gasteiger charge is 2.40. The molecule has 1 aromatic heterocycles. The molecule has 0 radical (unpaired) electrons. The number of fused-ring (bicyclic) bond motifs is 2. The molecule has 2 N–H and O–H groups in total. The number of carbonyl (C=O) groups is 2. The number of carboxylic acids is 1. The van der Waals surface area contributed by atoms with E-state index in [0.29, 0.717) is 19.2 Å². The molecule has 52 heavy (non-hydrogen) atoms. The summed E-state index contributed by atoms with van der Waals surface area (Å²) in [6.45, 7) is 7.66. The number of carboxylic acid groups (broad SMARTS) is 1. The highest BCUT2D eigenvalue weighted by atomic mass is 19.4. The zero-order valence-corrected chi connectivity index (χ0v) is 29.0. The number of amides is 1. The predicted octanol–water partition coefficient (Wildman–Crippen LogP) is 6.48. The monoisotopic (exact) mass is 731 g/mol. The first-order valence-electron chi connectivity index (χ1n) is 16.8. The van der Waals surface area contributed by atoms with Crippen LogP contribution < -0.4 is 10.9 Å². The Bertz CT molecular complexity index is 1960. The van der Waals surface area contributed by atoms with Gasteiger partial charge in [-0.1, -0.05) is 19.8 Å². The van der Waals surface area contributed by atoms with Crippen molar-refractivity contribution in [2.45, 2.75) is 83.8 Å². The quantitative estimate of drug-likeness (QED) is 0.163. The number of nitrogens with zero attached hydrogens (tertiary/aromatic N) is 2. The van der Waals surface area contributed by atoms with E-state index in [9.17, 15) is 37.1 Å². The number of rotatable bonds is 12. The second kappa shape index (κ2) is 15.2. The second-order valence-corrected chi connectivity index (χ2v) is 13.9. The van der Waals surface area contributed by atoms with Gasteiger partial charge < -0.3 is 19.7 Å². The number of aliphatic carboxylic acids is 1. The second-order valence-electron chi connectivity index (χ2n) is 13.9. The molecule has 3 aromatic rings. The van der Waals surface area contributed by atoms with Gasteiger partial charge in [0.2, 0.25) is 5.91 Å². The van der Waals surface area contributed by atoms with Gasteiger partial charge in [0, 0.05) is 48.1 Å². The van der Waals surface area contributed by atoms with Crippen molar-refractivity contribution in [2.75, 3.05) is 19.7 Å². The van der Waals surface area contributed by atoms with Crippen molar-refractivity contribution in [3.05, 3.63) is 91.6 Å². The number of ether oxygens (including phenoxy) is 1. The maximum absolute atomic E-state index is 16.6. The molecule has 2 unspecified atom stereocenters. The van der Waals surface area contributed by atoms with E-state index in [2.05, 4.69) is 11.2 Å². The van der Waals surface area contributed by atoms with Gasteiger partial charge in [0.15, 0.2) is 0 Å². The van der Waals surface area contributed by atoms with Crippen molar-refractivity contribution in [3.8, 4) is 23.5 Å². The number of halogens is 6. The molecule has 8 nitrogen and oxygen atoms in total. The van der Waals surface area contributed by atoms with Gasteiger partial charge in [-0.3, -0.25) is 19.3 Å². The molecule has 0 saturated carbocycles. The van der Waals surface area contributed by atoms with Crippen LogP contribution >= 0.6 is 0 Å². The van der Waals surface area contributed by atoms with Crippen molar-refractivity contribution in [2.24, 2.45) is 5.92 Å². The molecule has 5 rings (SSSR count). The fourth-order valence-electron chi connectivity index (χ4n) is 7.39. The molecular weight excluding hydrogens is 692 g/mol. The molecule has 3 heterocycles. The van der Waals surface area contributed by atoms with Crippen molar-refractivity contribution in [1.29, 1.82) is 0 Å². The Kier molecular flexibility index (Phi) is 11.3. The third kappa shape index (κ3) is 8.05. The maximum atomic E-state index is 16.6. The standard InChI is InChI=1S/C38H39F6N3O5/c1-6-22-12-28(40)35(36(41)34(22)33-20(4)10-24(39)11-21(33)5)29(15-32(49)50)45-37(51)30(9-19(2)3)47-16-23(27(14-31(47)48)38(42,43)44)7-8-46-17-26-13-25(46)18-52-26/h1,10-12,14,16,19,25-26,29-30H,7-9,13,15,17-18H2,2-5H3,(H,45,51)(H,49,50)/t25-,26-,29?,30?/m0/s1. The Balaban J connectivity index is 1.57. The number of likely N-dealkylation sites (tertiary alicyclic amines) is 1. The normalized spacial score (nSPS) is 18.4. The Hall–Kier alpha value is -4.61. The Morgan fingerprint density at radius 2 is 1.77 bits per heavy atom. The molecule has 278 valence electrons. The Morgan fingerprint density at radius 3 is 2.31 bits per heavy atom. The number of hydrogen-bond acceptors (Lipinski definition) is 5. The predicted molar refractivity (Wildman–Crippen MR) is 180 cm³/mol. The molecule has 2 aromatic carbocycles. The average molecular weight is 732 g/mol. The van der Waals surface area contributed by atoms with E-state index in [1.54, 1.807) is 13.8 Å². The summed E-state index contributed by atoms with van der Waals surface area (Å²) in [6.07, 6.45) is 1.30. The summed E-state index contributed by atoms with van der Waals surface area (Å²) < 4.78 is 95.6. The minimum absolute atomic E-state index is 0.0103. The van der Waals surface area contributed by atoms with Crippen LogP contribution in [0.5, 0.6) is 0 Å². The number of nitrogens with one attached hydrogen (secondary N) is 1. The van der Waals surface area contributed by atoms with Crippen LogP contribution in [0.3, 0.4) is 0 Å². The summed E-state index contributed by atoms with van der Waals surface area (Å²) >= 11 is 0. The van der Waals surface area contributed by atoms with Crippen molar-refractivity contribution in [3.63, 3.8) is 0 Å². The van der Waals surface area contributed by atoms with Gasteiger partial charge in [0.05, 0.1) is 30.7 Å². The zero-order chi connectivity index (χ0) is 38.2. The van der Waals surface area contributed by atoms with Crippen LogP contribution in [0.1, 0.15) is 78.6 Å². The SMILES string of the molecule is C#Cc1cc(F)c(C(CC(=O)O)NC(=O)C(CC(C)C)n2cc(CCN3C[C@@H]4C[C@H]3CO4)c(C(F)(F)F)cc2=O)c(F)c1-c1c(C)cc(F)cc1C. The van der Waals surface area contributed by atoms with Gasteiger partial charge in [0.1, 0.15) is 23.5 Å². The zero-order valence-electron chi connectivity index (χ0n) is 29.0. The van der Waals surface area contributed by atoms with Crippen molar-refractivity contribution in [1.82, 2.24) is 14.8 Å². The lowest BCUT2D eigenvalue weighted by Crippen LogP contribution is -2.41. The summed E-state index contributed by atoms with van der Waals surface area (Å²) in [5.74, 6) is -3.86. The first kappa shape index (κ1) is 38.6. The third-order valence-corrected chi connectivity index (χ3v) is 9.68. The Labute approximate surface area is 296 Å². The van der Waals surface area contributed by atoms with E-state index in [1.165, 1.54) is 13.8 Å². The number of benzene rings is 2. The van der Waals surface area contributed by atoms with Gasteiger partial charge in [-0.2, -0.15) is 13.2 Å². The third-order valence-electron chi connectivity index (χ3n) is 9.68. The van der Waals surface area contributed by atoms with Crippen LogP contribution in [-0.4, -0.2) is 58.3 Å². The smallest absolute Gasteiger partial charge is 0.416 e. The van der Waals surface area contributed by atoms with Crippen LogP contribution in [0.2, 0.25) is 0 Å². The van der Waals surface area contributed by atoms with Crippen LogP contribution in [0, 0.1) is 49.6 Å². The van der Waals surface area contributed by atoms with Crippen LogP contribution in [0.4, 0.5) is 26.3 Å². The fourth-order valence-corrected chi connectivity index (χ4v) is 7.39. The number of aromatic nitrogens is 1. The van der Waals surface area contributed by atoms with E-state index >= 15 is 8.78 Å². The molecule has 2 bridgehead atoms. The van der Waals surface area contributed by atoms with Gasteiger partial charge in [0.25, 0.3) is 5.56 Å². The van der Waals surface area contributed by atoms with Crippen LogP contribution in [-0.2, 0) is 26.9 Å². The summed E-state index contributed by atoms with van der Waals surface area (Å²) in [7, 11) is 0. The molecular formula is C38H39F6N3O5. The minimum Gasteiger partial charge on any atom is -0.481 e. The van der Waals surface area contributed by atoms with E-state index < -0.39 is 70.7 Å². The number of carbonyl (C=O) groups excluding carboxylic acids is 1. The first-order valence-corrected chi connectivity index (χ1v) is 16.8. The lowest BCUT2D eigenvalue weighted by Gasteiger charge is -2.28. The van der Waals surface area contributed by atoms with Gasteiger partial charge in [-0.05, 0) is 79.5 Å². The summed E-state index contributed by atoms with van der Waals surface area (Å²) in [6, 6.07) is 0.217. The lowest BCUT2D eigenvalue weighted by molar-refractivity contribution is -0.139. The van der Waals surface area contributed by atoms with Crippen molar-refractivity contribution >= 4 is 11.9 Å². The maximum Gasteiger partial charge on any atom is 0.416 e. The number of hydrogen-bond donors (Lipinski definition) is 2. The van der Waals surface area contributed by atoms with Gasteiger partial charge >= 0.3 is 12.1 Å². The fraction of sp³-hybridized carbons (Fsp3) is 0.447. The number of morpholine rings is 1. The number of aryl methyl sites for hydroxylation is 2. The van der Waals surface area contributed by atoms with Crippen LogP contribution in [0.25, 0.3) is 11.1 Å². The number of pyridine rings is 1. The highest BCUT2D eigenvalue weighted by molar-refractivity contribution is 5.83. The van der Waals surface area contributed by atoms with Crippen LogP contribution in [0.15, 0.2) is 35.3 Å². The van der Waals surface area contributed by atoms with Gasteiger partial charge in [-0.15, -0.1) is 6.42 Å². The molecule has 4 atom stereocenters. The summed E-state index contributed by atoms with van der Waals surface area (Å²) in [5.41, 5.74) is -3.25. The Morgan fingerprint density at radius 1 is 1.10 bits per heavy atom. The molecule has 2 fully saturated rings. The van der Waals surface area contributed by atoms with E-state index in [-0.39, 0.29) is 70.8 Å². The average Bonchev–Trinajstić information content (AvgIpc) is 3.66. The molecule has 14 heteroatoms. The minimum atomic E-state index is -4.87. The molecule has 0 aliphatic carbocycles. The number of terminal acetylenes is 1. The molecule has 2 aliphatic heterocycles. The topological polar surface area (TPSA) is 101 Å². The lowest BCUT2D eigenvalue weighted by atomic mass is 9.88. The van der Waals surface area contributed by atoms with E-state index in [0.717, 1.165) is 35.4 Å². The molecule has 2 saturated heterocycles. The summed E-state index contributed by atoms with van der Waals surface area (Å²) in [5, 5.41) is 12.2. The number of alkyl halides is 3. The largest absolute Gasteiger partial charge is 0.481 e. The van der Waals surface area contributed by atoms with E-state index in [4.69, 9.17) is 11.2 Å². The molecule has 1 amide bonds. The van der Waals surface area contributed by atoms with Gasteiger partial charge in [-0.25, -0.2) is 13.2 Å². The molecule has 0 spiro atoms. The highest BCUT2D eigenvalue weighted by Crippen LogP contribution is 2.39. The first-order chi connectivity index (χ1) is 24.4. The molecule has 2 aliphatic rings. The van der Waals surface area contributed by atoms with E-state index in [1.807, 2.05) is 4.90 Å². The summed E-state index contributed by atoms with van der Waals surface area (Å²) in [4.78, 5) is 41.5.